The highest BCUT2D eigenvalue weighted by Gasteiger charge is 2.04. The molecular formula is C17H24FIN4OS. The minimum absolute atomic E-state index is 0. The van der Waals surface area contributed by atoms with E-state index in [-0.39, 0.29) is 29.8 Å². The summed E-state index contributed by atoms with van der Waals surface area (Å²) >= 11 is 1.69. The maximum absolute atomic E-state index is 12.8. The second-order valence-electron chi connectivity index (χ2n) is 5.26. The topological polar surface area (TPSA) is 58.5 Å². The monoisotopic (exact) mass is 478 g/mol. The number of benzene rings is 1. The first kappa shape index (κ1) is 21.6. The zero-order valence-corrected chi connectivity index (χ0v) is 17.8. The van der Waals surface area contributed by atoms with E-state index in [9.17, 15) is 4.39 Å². The van der Waals surface area contributed by atoms with Gasteiger partial charge in [0.1, 0.15) is 16.6 Å². The molecule has 2 rings (SSSR count). The first-order valence-corrected chi connectivity index (χ1v) is 8.66. The van der Waals surface area contributed by atoms with E-state index in [1.165, 1.54) is 17.0 Å². The van der Waals surface area contributed by atoms with Crippen LogP contribution in [0.4, 0.5) is 4.39 Å². The Morgan fingerprint density at radius 3 is 2.56 bits per heavy atom. The lowest BCUT2D eigenvalue weighted by Gasteiger charge is -2.11. The van der Waals surface area contributed by atoms with Crippen LogP contribution in [-0.4, -0.2) is 31.1 Å². The summed E-state index contributed by atoms with van der Waals surface area (Å²) in [6.07, 6.45) is 0.813. The molecule has 0 aliphatic rings. The number of aliphatic imine (C=N–C) groups is 1. The van der Waals surface area contributed by atoms with E-state index in [1.807, 2.05) is 6.92 Å². The minimum Gasteiger partial charge on any atom is -0.494 e. The van der Waals surface area contributed by atoms with Crippen LogP contribution in [0, 0.1) is 19.7 Å². The number of hydrogen-bond acceptors (Lipinski definition) is 4. The standard InChI is InChI=1S/C17H23FN4OS.HI/c1-12-13(2)24-16(22-12)11-21-17(19-3)20-9-4-10-23-15-7-5-14(18)6-8-15;/h5-8H,4,9-11H2,1-3H3,(H2,19,20,21);1H. The van der Waals surface area contributed by atoms with Gasteiger partial charge in [0.05, 0.1) is 18.8 Å². The highest BCUT2D eigenvalue weighted by Crippen LogP contribution is 2.15. The number of aryl methyl sites for hydroxylation is 2. The summed E-state index contributed by atoms with van der Waals surface area (Å²) in [7, 11) is 1.74. The van der Waals surface area contributed by atoms with E-state index >= 15 is 0 Å². The van der Waals surface area contributed by atoms with Crippen molar-refractivity contribution in [1.82, 2.24) is 15.6 Å². The number of halogens is 2. The van der Waals surface area contributed by atoms with E-state index in [0.29, 0.717) is 18.9 Å². The summed E-state index contributed by atoms with van der Waals surface area (Å²) in [6, 6.07) is 6.03. The van der Waals surface area contributed by atoms with Gasteiger partial charge >= 0.3 is 0 Å². The third-order valence-electron chi connectivity index (χ3n) is 3.40. The van der Waals surface area contributed by atoms with E-state index in [0.717, 1.165) is 29.6 Å². The van der Waals surface area contributed by atoms with Crippen LogP contribution >= 0.6 is 35.3 Å². The first-order valence-electron chi connectivity index (χ1n) is 7.84. The van der Waals surface area contributed by atoms with Crippen molar-refractivity contribution in [2.45, 2.75) is 26.8 Å². The summed E-state index contributed by atoms with van der Waals surface area (Å²) < 4.78 is 18.3. The van der Waals surface area contributed by atoms with Crippen molar-refractivity contribution in [3.05, 3.63) is 45.7 Å². The van der Waals surface area contributed by atoms with Crippen LogP contribution < -0.4 is 15.4 Å². The maximum atomic E-state index is 12.8. The van der Waals surface area contributed by atoms with E-state index in [4.69, 9.17) is 4.74 Å². The lowest BCUT2D eigenvalue weighted by atomic mass is 10.3. The molecule has 1 aromatic carbocycles. The highest BCUT2D eigenvalue weighted by molar-refractivity contribution is 14.0. The summed E-state index contributed by atoms with van der Waals surface area (Å²) in [4.78, 5) is 9.92. The van der Waals surface area contributed by atoms with Crippen molar-refractivity contribution in [2.24, 2.45) is 4.99 Å². The van der Waals surface area contributed by atoms with Crippen molar-refractivity contribution >= 4 is 41.3 Å². The molecule has 0 aliphatic heterocycles. The Labute approximate surface area is 169 Å². The lowest BCUT2D eigenvalue weighted by Crippen LogP contribution is -2.37. The number of nitrogens with one attached hydrogen (secondary N) is 2. The van der Waals surface area contributed by atoms with Gasteiger partial charge in [-0.15, -0.1) is 35.3 Å². The van der Waals surface area contributed by atoms with Crippen LogP contribution in [0.5, 0.6) is 5.75 Å². The Morgan fingerprint density at radius 2 is 1.96 bits per heavy atom. The largest absolute Gasteiger partial charge is 0.494 e. The number of thiazole rings is 1. The van der Waals surface area contributed by atoms with Gasteiger partial charge in [0.25, 0.3) is 0 Å². The van der Waals surface area contributed by atoms with Gasteiger partial charge in [-0.3, -0.25) is 4.99 Å². The van der Waals surface area contributed by atoms with Gasteiger partial charge in [0.15, 0.2) is 5.96 Å². The molecule has 0 spiro atoms. The van der Waals surface area contributed by atoms with E-state index in [2.05, 4.69) is 27.5 Å². The van der Waals surface area contributed by atoms with Gasteiger partial charge in [0.2, 0.25) is 0 Å². The molecule has 0 atom stereocenters. The normalized spacial score (nSPS) is 11.0. The zero-order valence-electron chi connectivity index (χ0n) is 14.6. The fourth-order valence-electron chi connectivity index (χ4n) is 1.99. The molecule has 2 aromatic rings. The Balaban J connectivity index is 0.00000312. The lowest BCUT2D eigenvalue weighted by molar-refractivity contribution is 0.310. The van der Waals surface area contributed by atoms with Crippen molar-refractivity contribution in [1.29, 1.82) is 0 Å². The minimum atomic E-state index is -0.260. The Bertz CT molecular complexity index is 656. The molecule has 0 radical (unpaired) electrons. The second kappa shape index (κ2) is 11.2. The fraction of sp³-hybridized carbons (Fsp3) is 0.412. The van der Waals surface area contributed by atoms with E-state index in [1.54, 1.807) is 30.5 Å². The van der Waals surface area contributed by atoms with Crippen LogP contribution in [0.2, 0.25) is 0 Å². The van der Waals surface area contributed by atoms with Gasteiger partial charge in [0, 0.05) is 18.5 Å². The maximum Gasteiger partial charge on any atom is 0.191 e. The number of ether oxygens (including phenoxy) is 1. The molecule has 0 saturated carbocycles. The van der Waals surface area contributed by atoms with Gasteiger partial charge in [-0.05, 0) is 44.5 Å². The molecule has 0 saturated heterocycles. The first-order chi connectivity index (χ1) is 11.6. The molecule has 25 heavy (non-hydrogen) atoms. The van der Waals surface area contributed by atoms with Crippen molar-refractivity contribution < 1.29 is 9.13 Å². The van der Waals surface area contributed by atoms with Crippen LogP contribution in [0.25, 0.3) is 0 Å². The smallest absolute Gasteiger partial charge is 0.191 e. The summed E-state index contributed by atoms with van der Waals surface area (Å²) in [6.45, 7) is 6.04. The third kappa shape index (κ3) is 7.55. The van der Waals surface area contributed by atoms with Crippen LogP contribution in [0.3, 0.4) is 0 Å². The molecule has 0 bridgehead atoms. The highest BCUT2D eigenvalue weighted by atomic mass is 127. The van der Waals surface area contributed by atoms with Crippen molar-refractivity contribution in [3.8, 4) is 5.75 Å². The number of guanidine groups is 1. The second-order valence-corrected chi connectivity index (χ2v) is 6.55. The molecule has 5 nitrogen and oxygen atoms in total. The quantitative estimate of drug-likeness (QED) is 0.276. The number of rotatable bonds is 7. The summed E-state index contributed by atoms with van der Waals surface area (Å²) in [5.41, 5.74) is 1.08. The average molecular weight is 478 g/mol. The molecule has 0 aliphatic carbocycles. The third-order valence-corrected chi connectivity index (χ3v) is 4.47. The van der Waals surface area contributed by atoms with Crippen molar-refractivity contribution in [2.75, 3.05) is 20.2 Å². The number of aromatic nitrogens is 1. The van der Waals surface area contributed by atoms with Gasteiger partial charge < -0.3 is 15.4 Å². The number of hydrogen-bond donors (Lipinski definition) is 2. The SMILES string of the molecule is CN=C(NCCCOc1ccc(F)cc1)NCc1nc(C)c(C)s1.I. The predicted molar refractivity (Wildman–Crippen MR) is 112 cm³/mol. The molecule has 2 N–H and O–H groups in total. The van der Waals surface area contributed by atoms with E-state index < -0.39 is 0 Å². The van der Waals surface area contributed by atoms with Crippen LogP contribution in [0.15, 0.2) is 29.3 Å². The Morgan fingerprint density at radius 1 is 1.24 bits per heavy atom. The van der Waals surface area contributed by atoms with Gasteiger partial charge in [-0.2, -0.15) is 0 Å². The van der Waals surface area contributed by atoms with Gasteiger partial charge in [-0.1, -0.05) is 0 Å². The molecule has 1 aromatic heterocycles. The molecule has 0 fully saturated rings. The molecular weight excluding hydrogens is 454 g/mol. The van der Waals surface area contributed by atoms with Gasteiger partial charge in [-0.25, -0.2) is 9.37 Å². The molecule has 1 heterocycles. The van der Waals surface area contributed by atoms with Crippen LogP contribution in [-0.2, 0) is 6.54 Å². The average Bonchev–Trinajstić information content (AvgIpc) is 2.90. The predicted octanol–water partition coefficient (Wildman–Crippen LogP) is 3.65. The molecule has 0 amide bonds. The fourth-order valence-corrected chi connectivity index (χ4v) is 2.87. The Hall–Kier alpha value is -1.42. The summed E-state index contributed by atoms with van der Waals surface area (Å²) in [5, 5.41) is 7.53. The Kier molecular flexibility index (Phi) is 9.73. The van der Waals surface area contributed by atoms with Crippen molar-refractivity contribution in [3.63, 3.8) is 0 Å². The number of nitrogens with zero attached hydrogens (tertiary/aromatic N) is 2. The summed E-state index contributed by atoms with van der Waals surface area (Å²) in [5.74, 6) is 1.15. The van der Waals surface area contributed by atoms with Crippen LogP contribution in [0.1, 0.15) is 22.0 Å². The molecule has 8 heteroatoms. The molecule has 138 valence electrons. The zero-order chi connectivity index (χ0) is 17.4. The molecule has 0 unspecified atom stereocenters.